The summed E-state index contributed by atoms with van der Waals surface area (Å²) in [6, 6.07) is 0. The molecule has 19 heavy (non-hydrogen) atoms. The molecular formula is C13H20N2O4. The third kappa shape index (κ3) is 13.6. The zero-order chi connectivity index (χ0) is 15.3. The molecule has 0 radical (unpaired) electrons. The summed E-state index contributed by atoms with van der Waals surface area (Å²) in [5.74, 6) is -1.18. The normalized spacial score (nSPS) is 8.95. The fourth-order valence-corrected chi connectivity index (χ4v) is 0.815. The lowest BCUT2D eigenvalue weighted by atomic mass is 10.4. The molecule has 0 unspecified atom stereocenters. The van der Waals surface area contributed by atoms with Crippen LogP contribution in [-0.4, -0.2) is 34.3 Å². The smallest absolute Gasteiger partial charge is 0.328 e. The van der Waals surface area contributed by atoms with E-state index in [0.29, 0.717) is 6.42 Å². The van der Waals surface area contributed by atoms with Crippen LogP contribution in [0.15, 0.2) is 37.7 Å². The van der Waals surface area contributed by atoms with Crippen LogP contribution in [-0.2, 0) is 14.4 Å². The molecule has 0 aliphatic rings. The number of carbonyl (C=O) groups is 3. The van der Waals surface area contributed by atoms with Gasteiger partial charge in [0.2, 0.25) is 11.8 Å². The van der Waals surface area contributed by atoms with Gasteiger partial charge in [0, 0.05) is 26.0 Å². The van der Waals surface area contributed by atoms with Crippen molar-refractivity contribution >= 4 is 17.8 Å². The zero-order valence-electron chi connectivity index (χ0n) is 11.3. The number of carbonyl (C=O) groups excluding carboxylic acids is 2. The molecule has 0 aromatic rings. The van der Waals surface area contributed by atoms with Gasteiger partial charge in [0.1, 0.15) is 0 Å². The van der Waals surface area contributed by atoms with Crippen molar-refractivity contribution in [1.82, 2.24) is 10.2 Å². The maximum absolute atomic E-state index is 10.7. The molecule has 0 saturated heterocycles. The Hall–Kier alpha value is -2.37. The molecule has 106 valence electrons. The van der Waals surface area contributed by atoms with Crippen LogP contribution in [0, 0.1) is 0 Å². The SMILES string of the molecule is C=CN(C/C=C/C(=O)O)C(C)=O.C=CNC(=O)CC. The highest BCUT2D eigenvalue weighted by Gasteiger charge is 2.00. The van der Waals surface area contributed by atoms with Crippen LogP contribution in [0.5, 0.6) is 0 Å². The number of hydrogen-bond acceptors (Lipinski definition) is 3. The molecule has 2 amide bonds. The Morgan fingerprint density at radius 2 is 1.89 bits per heavy atom. The summed E-state index contributed by atoms with van der Waals surface area (Å²) in [4.78, 5) is 32.3. The van der Waals surface area contributed by atoms with Gasteiger partial charge in [-0.05, 0) is 12.4 Å². The molecular weight excluding hydrogens is 248 g/mol. The van der Waals surface area contributed by atoms with Crippen molar-refractivity contribution in [2.24, 2.45) is 0 Å². The molecule has 0 aliphatic carbocycles. The van der Waals surface area contributed by atoms with Crippen LogP contribution in [0.3, 0.4) is 0 Å². The molecule has 0 aliphatic heterocycles. The summed E-state index contributed by atoms with van der Waals surface area (Å²) in [6.45, 7) is 10.1. The van der Waals surface area contributed by atoms with Crippen LogP contribution in [0.1, 0.15) is 20.3 Å². The Morgan fingerprint density at radius 1 is 1.32 bits per heavy atom. The molecule has 2 N–H and O–H groups in total. The minimum atomic E-state index is -1.03. The van der Waals surface area contributed by atoms with E-state index in [0.717, 1.165) is 6.08 Å². The average Bonchev–Trinajstić information content (AvgIpc) is 2.35. The highest BCUT2D eigenvalue weighted by molar-refractivity contribution is 5.80. The van der Waals surface area contributed by atoms with Gasteiger partial charge in [0.25, 0.3) is 0 Å². The standard InChI is InChI=1S/C8H11NO3.C5H9NO/c1-3-9(7(2)10)6-4-5-8(11)12;1-3-5(7)6-4-2/h3-5H,1,6H2,2H3,(H,11,12);4H,2-3H2,1H3,(H,6,7)/b5-4+;. The van der Waals surface area contributed by atoms with E-state index in [1.165, 1.54) is 30.3 Å². The average molecular weight is 268 g/mol. The van der Waals surface area contributed by atoms with Gasteiger partial charge in [-0.15, -0.1) is 0 Å². The maximum Gasteiger partial charge on any atom is 0.328 e. The Kier molecular flexibility index (Phi) is 12.1. The molecule has 0 fully saturated rings. The van der Waals surface area contributed by atoms with Gasteiger partial charge in [-0.2, -0.15) is 0 Å². The number of aliphatic carboxylic acids is 1. The lowest BCUT2D eigenvalue weighted by Gasteiger charge is -2.11. The number of carboxylic acid groups (broad SMARTS) is 1. The van der Waals surface area contributed by atoms with Gasteiger partial charge in [-0.25, -0.2) is 4.79 Å². The maximum atomic E-state index is 10.7. The number of amides is 2. The van der Waals surface area contributed by atoms with Gasteiger partial charge >= 0.3 is 5.97 Å². The fourth-order valence-electron chi connectivity index (χ4n) is 0.815. The van der Waals surface area contributed by atoms with Crippen molar-refractivity contribution < 1.29 is 19.5 Å². The second-order valence-electron chi connectivity index (χ2n) is 3.22. The van der Waals surface area contributed by atoms with Gasteiger partial charge < -0.3 is 15.3 Å². The van der Waals surface area contributed by atoms with Crippen LogP contribution < -0.4 is 5.32 Å². The number of hydrogen-bond donors (Lipinski definition) is 2. The molecule has 0 spiro atoms. The minimum Gasteiger partial charge on any atom is -0.478 e. The quantitative estimate of drug-likeness (QED) is 0.710. The van der Waals surface area contributed by atoms with E-state index >= 15 is 0 Å². The molecule has 0 bridgehead atoms. The second-order valence-corrected chi connectivity index (χ2v) is 3.22. The van der Waals surface area contributed by atoms with Crippen molar-refractivity contribution in [1.29, 1.82) is 0 Å². The molecule has 6 heteroatoms. The van der Waals surface area contributed by atoms with E-state index in [4.69, 9.17) is 5.11 Å². The first-order chi connectivity index (χ1) is 8.88. The Bertz CT molecular complexity index is 362. The van der Waals surface area contributed by atoms with Crippen LogP contribution in [0.4, 0.5) is 0 Å². The summed E-state index contributed by atoms with van der Waals surface area (Å²) >= 11 is 0. The summed E-state index contributed by atoms with van der Waals surface area (Å²) in [5, 5.41) is 10.6. The highest BCUT2D eigenvalue weighted by atomic mass is 16.4. The topological polar surface area (TPSA) is 86.7 Å². The summed E-state index contributed by atoms with van der Waals surface area (Å²) < 4.78 is 0. The number of nitrogens with zero attached hydrogens (tertiary/aromatic N) is 1. The Labute approximate surface area is 113 Å². The van der Waals surface area contributed by atoms with Crippen LogP contribution in [0.2, 0.25) is 0 Å². The molecule has 0 heterocycles. The predicted octanol–water partition coefficient (Wildman–Crippen LogP) is 1.28. The first kappa shape index (κ1) is 19.0. The van der Waals surface area contributed by atoms with Crippen molar-refractivity contribution in [3.05, 3.63) is 37.7 Å². The number of rotatable bonds is 6. The third-order valence-electron chi connectivity index (χ3n) is 1.77. The second kappa shape index (κ2) is 12.1. The molecule has 0 atom stereocenters. The van der Waals surface area contributed by atoms with E-state index in [9.17, 15) is 14.4 Å². The van der Waals surface area contributed by atoms with E-state index in [-0.39, 0.29) is 18.4 Å². The Morgan fingerprint density at radius 3 is 2.16 bits per heavy atom. The first-order valence-electron chi connectivity index (χ1n) is 5.58. The Balaban J connectivity index is 0. The lowest BCUT2D eigenvalue weighted by molar-refractivity contribution is -0.131. The number of carboxylic acids is 1. The largest absolute Gasteiger partial charge is 0.478 e. The predicted molar refractivity (Wildman–Crippen MR) is 73.0 cm³/mol. The van der Waals surface area contributed by atoms with Gasteiger partial charge in [0.15, 0.2) is 0 Å². The molecule has 0 saturated carbocycles. The van der Waals surface area contributed by atoms with Crippen LogP contribution in [0.25, 0.3) is 0 Å². The summed E-state index contributed by atoms with van der Waals surface area (Å²) in [5.41, 5.74) is 0. The van der Waals surface area contributed by atoms with Gasteiger partial charge in [-0.1, -0.05) is 26.2 Å². The number of nitrogens with one attached hydrogen (secondary N) is 1. The van der Waals surface area contributed by atoms with Crippen molar-refractivity contribution in [3.63, 3.8) is 0 Å². The first-order valence-corrected chi connectivity index (χ1v) is 5.58. The van der Waals surface area contributed by atoms with E-state index < -0.39 is 5.97 Å². The summed E-state index contributed by atoms with van der Waals surface area (Å²) in [7, 11) is 0. The summed E-state index contributed by atoms with van der Waals surface area (Å²) in [6.07, 6.45) is 5.62. The van der Waals surface area contributed by atoms with Crippen molar-refractivity contribution in [2.45, 2.75) is 20.3 Å². The van der Waals surface area contributed by atoms with Crippen LogP contribution >= 0.6 is 0 Å². The zero-order valence-corrected chi connectivity index (χ0v) is 11.3. The monoisotopic (exact) mass is 268 g/mol. The minimum absolute atomic E-state index is 0.00926. The fraction of sp³-hybridized carbons (Fsp3) is 0.308. The van der Waals surface area contributed by atoms with Crippen molar-refractivity contribution in [3.8, 4) is 0 Å². The van der Waals surface area contributed by atoms with Gasteiger partial charge in [-0.3, -0.25) is 9.59 Å². The molecule has 0 aromatic heterocycles. The molecule has 0 aromatic carbocycles. The molecule has 0 rings (SSSR count). The van der Waals surface area contributed by atoms with E-state index in [1.807, 2.05) is 0 Å². The van der Waals surface area contributed by atoms with E-state index in [1.54, 1.807) is 6.92 Å². The molecule has 6 nitrogen and oxygen atoms in total. The lowest BCUT2D eigenvalue weighted by Crippen LogP contribution is -2.22. The highest BCUT2D eigenvalue weighted by Crippen LogP contribution is 1.89. The van der Waals surface area contributed by atoms with Gasteiger partial charge in [0.05, 0.1) is 0 Å². The van der Waals surface area contributed by atoms with E-state index in [2.05, 4.69) is 18.5 Å². The third-order valence-corrected chi connectivity index (χ3v) is 1.77. The van der Waals surface area contributed by atoms with Crippen molar-refractivity contribution in [2.75, 3.05) is 6.54 Å².